The van der Waals surface area contributed by atoms with Crippen LogP contribution >= 0.6 is 35.0 Å². The number of nitrogens with two attached hydrogens (primary N) is 1. The zero-order chi connectivity index (χ0) is 19.6. The number of halogens is 2. The minimum atomic E-state index is -1.32. The molecule has 5 rings (SSSR count). The second kappa shape index (κ2) is 5.95. The van der Waals surface area contributed by atoms with Gasteiger partial charge in [0, 0.05) is 33.0 Å². The summed E-state index contributed by atoms with van der Waals surface area (Å²) in [7, 11) is 0. The Morgan fingerprint density at radius 3 is 2.79 bits per heavy atom. The van der Waals surface area contributed by atoms with E-state index in [1.807, 2.05) is 24.3 Å². The van der Waals surface area contributed by atoms with Crippen molar-refractivity contribution in [3.05, 3.63) is 74.6 Å². The van der Waals surface area contributed by atoms with E-state index in [9.17, 15) is 10.1 Å². The Labute approximate surface area is 174 Å². The molecule has 28 heavy (non-hydrogen) atoms. The SMILES string of the molecule is N#CC1=C(N)OC2=C(CSc3cc(Cl)c(Cl)cc32)C12C(=O)Nc1ccccc12. The van der Waals surface area contributed by atoms with Gasteiger partial charge >= 0.3 is 0 Å². The molecule has 3 heterocycles. The zero-order valence-corrected chi connectivity index (χ0v) is 16.5. The first-order chi connectivity index (χ1) is 13.5. The van der Waals surface area contributed by atoms with Gasteiger partial charge in [0.1, 0.15) is 22.8 Å². The number of anilines is 1. The van der Waals surface area contributed by atoms with Crippen LogP contribution in [-0.2, 0) is 14.9 Å². The monoisotopic (exact) mass is 427 g/mol. The van der Waals surface area contributed by atoms with Crippen LogP contribution in [0.2, 0.25) is 10.0 Å². The van der Waals surface area contributed by atoms with E-state index in [1.54, 1.807) is 12.1 Å². The molecule has 0 aromatic heterocycles. The molecule has 1 atom stereocenters. The van der Waals surface area contributed by atoms with Crippen LogP contribution in [-0.4, -0.2) is 11.7 Å². The van der Waals surface area contributed by atoms with Gasteiger partial charge in [0.15, 0.2) is 0 Å². The Morgan fingerprint density at radius 2 is 2.00 bits per heavy atom. The lowest BCUT2D eigenvalue weighted by Gasteiger charge is -2.38. The Bertz CT molecular complexity index is 1200. The van der Waals surface area contributed by atoms with E-state index in [0.717, 1.165) is 4.90 Å². The van der Waals surface area contributed by atoms with Crippen molar-refractivity contribution in [2.75, 3.05) is 11.1 Å². The molecule has 0 aliphatic carbocycles. The number of rotatable bonds is 0. The summed E-state index contributed by atoms with van der Waals surface area (Å²) in [5, 5.41) is 13.6. The lowest BCUT2D eigenvalue weighted by atomic mass is 9.68. The summed E-state index contributed by atoms with van der Waals surface area (Å²) in [6.07, 6.45) is 0. The largest absolute Gasteiger partial charge is 0.440 e. The lowest BCUT2D eigenvalue weighted by molar-refractivity contribution is -0.118. The third-order valence-corrected chi connectivity index (χ3v) is 7.03. The van der Waals surface area contributed by atoms with Crippen LogP contribution in [0.3, 0.4) is 0 Å². The van der Waals surface area contributed by atoms with Crippen molar-refractivity contribution >= 4 is 52.3 Å². The molecule has 0 saturated carbocycles. The van der Waals surface area contributed by atoms with Crippen molar-refractivity contribution in [2.24, 2.45) is 5.73 Å². The number of carbonyl (C=O) groups is 1. The van der Waals surface area contributed by atoms with Gasteiger partial charge in [-0.3, -0.25) is 4.79 Å². The maximum absolute atomic E-state index is 13.3. The fraction of sp³-hybridized carbons (Fsp3) is 0.100. The molecule has 1 spiro atoms. The van der Waals surface area contributed by atoms with E-state index in [1.165, 1.54) is 11.8 Å². The van der Waals surface area contributed by atoms with Crippen molar-refractivity contribution in [1.29, 1.82) is 5.26 Å². The molecule has 1 unspecified atom stereocenters. The van der Waals surface area contributed by atoms with Crippen LogP contribution < -0.4 is 11.1 Å². The van der Waals surface area contributed by atoms with Crippen LogP contribution in [0.15, 0.2) is 58.3 Å². The number of nitrogens with one attached hydrogen (secondary N) is 1. The smallest absolute Gasteiger partial charge is 0.244 e. The minimum absolute atomic E-state index is 0.0861. The number of hydrogen-bond donors (Lipinski definition) is 2. The Balaban J connectivity index is 1.87. The van der Waals surface area contributed by atoms with Crippen LogP contribution in [0.25, 0.3) is 5.76 Å². The van der Waals surface area contributed by atoms with Crippen LogP contribution in [0.5, 0.6) is 0 Å². The van der Waals surface area contributed by atoms with Gasteiger partial charge in [0.25, 0.3) is 0 Å². The highest BCUT2D eigenvalue weighted by atomic mass is 35.5. The number of para-hydroxylation sites is 1. The maximum atomic E-state index is 13.3. The topological polar surface area (TPSA) is 88.1 Å². The van der Waals surface area contributed by atoms with Crippen LogP contribution in [0, 0.1) is 11.3 Å². The highest BCUT2D eigenvalue weighted by molar-refractivity contribution is 7.99. The first-order valence-electron chi connectivity index (χ1n) is 8.33. The fourth-order valence-electron chi connectivity index (χ4n) is 4.04. The minimum Gasteiger partial charge on any atom is -0.440 e. The van der Waals surface area contributed by atoms with Gasteiger partial charge in [-0.25, -0.2) is 0 Å². The van der Waals surface area contributed by atoms with Gasteiger partial charge in [-0.05, 0) is 18.2 Å². The van der Waals surface area contributed by atoms with Gasteiger partial charge in [-0.15, -0.1) is 11.8 Å². The number of carbonyl (C=O) groups excluding carboxylic acids is 1. The first kappa shape index (κ1) is 17.5. The van der Waals surface area contributed by atoms with Crippen molar-refractivity contribution in [3.63, 3.8) is 0 Å². The lowest BCUT2D eigenvalue weighted by Crippen LogP contribution is -2.44. The number of thioether (sulfide) groups is 1. The predicted octanol–water partition coefficient (Wildman–Crippen LogP) is 4.42. The molecule has 0 bridgehead atoms. The average Bonchev–Trinajstić information content (AvgIpc) is 2.96. The van der Waals surface area contributed by atoms with Crippen LogP contribution in [0.1, 0.15) is 11.1 Å². The number of nitrogens with zero attached hydrogens (tertiary/aromatic N) is 1. The molecule has 2 aromatic carbocycles. The third kappa shape index (κ3) is 2.07. The summed E-state index contributed by atoms with van der Waals surface area (Å²) in [6, 6.07) is 12.9. The molecule has 0 fully saturated rings. The van der Waals surface area contributed by atoms with Crippen molar-refractivity contribution < 1.29 is 9.53 Å². The fourth-order valence-corrected chi connectivity index (χ4v) is 5.59. The summed E-state index contributed by atoms with van der Waals surface area (Å²) in [5.74, 6) is 0.501. The summed E-state index contributed by atoms with van der Waals surface area (Å²) < 4.78 is 5.88. The molecule has 1 amide bonds. The third-order valence-electron chi connectivity index (χ3n) is 5.23. The molecule has 3 aliphatic heterocycles. The normalized spacial score (nSPS) is 22.2. The van der Waals surface area contributed by atoms with E-state index in [2.05, 4.69) is 11.4 Å². The van der Waals surface area contributed by atoms with E-state index < -0.39 is 5.41 Å². The number of ether oxygens (including phenoxy) is 1. The summed E-state index contributed by atoms with van der Waals surface area (Å²) in [6.45, 7) is 0. The van der Waals surface area contributed by atoms with Crippen molar-refractivity contribution in [2.45, 2.75) is 10.3 Å². The van der Waals surface area contributed by atoms with Gasteiger partial charge < -0.3 is 15.8 Å². The number of nitriles is 1. The first-order valence-corrected chi connectivity index (χ1v) is 10.1. The molecule has 3 N–H and O–H groups in total. The quantitative estimate of drug-likeness (QED) is 0.649. The highest BCUT2D eigenvalue weighted by Crippen LogP contribution is 2.56. The number of benzene rings is 2. The molecule has 3 aliphatic rings. The van der Waals surface area contributed by atoms with Crippen LogP contribution in [0.4, 0.5) is 5.69 Å². The molecule has 0 saturated heterocycles. The summed E-state index contributed by atoms with van der Waals surface area (Å²) in [5.41, 5.74) is 7.66. The summed E-state index contributed by atoms with van der Waals surface area (Å²) >= 11 is 13.9. The van der Waals surface area contributed by atoms with E-state index in [-0.39, 0.29) is 17.4 Å². The molecular formula is C20H11Cl2N3O2S. The van der Waals surface area contributed by atoms with E-state index in [4.69, 9.17) is 33.7 Å². The van der Waals surface area contributed by atoms with Crippen molar-refractivity contribution in [1.82, 2.24) is 0 Å². The number of amides is 1. The molecule has 138 valence electrons. The Morgan fingerprint density at radius 1 is 1.25 bits per heavy atom. The van der Waals surface area contributed by atoms with Gasteiger partial charge in [0.05, 0.1) is 10.0 Å². The molecule has 8 heteroatoms. The second-order valence-corrected chi connectivity index (χ2v) is 8.39. The van der Waals surface area contributed by atoms with Gasteiger partial charge in [-0.2, -0.15) is 5.26 Å². The van der Waals surface area contributed by atoms with Gasteiger partial charge in [-0.1, -0.05) is 41.4 Å². The number of hydrogen-bond acceptors (Lipinski definition) is 5. The van der Waals surface area contributed by atoms with E-state index in [0.29, 0.717) is 43.9 Å². The predicted molar refractivity (Wildman–Crippen MR) is 109 cm³/mol. The molecule has 2 aromatic rings. The Kier molecular flexibility index (Phi) is 3.72. The van der Waals surface area contributed by atoms with Crippen molar-refractivity contribution in [3.8, 4) is 6.07 Å². The average molecular weight is 428 g/mol. The van der Waals surface area contributed by atoms with E-state index >= 15 is 0 Å². The molecule has 0 radical (unpaired) electrons. The standard InChI is InChI=1S/C20H11Cl2N3O2S/c21-13-5-9-16(6-14(13)22)28-8-12-17(9)27-18(24)11(7-23)20(12)10-3-1-2-4-15(10)25-19(20)26/h1-6H,8,24H2,(H,25,26). The zero-order valence-electron chi connectivity index (χ0n) is 14.2. The molecular weight excluding hydrogens is 417 g/mol. The second-order valence-electron chi connectivity index (χ2n) is 6.56. The Hall–Kier alpha value is -2.59. The summed E-state index contributed by atoms with van der Waals surface area (Å²) in [4.78, 5) is 14.2. The number of fused-ring (bicyclic) bond motifs is 5. The maximum Gasteiger partial charge on any atom is 0.244 e. The molecule has 5 nitrogen and oxygen atoms in total. The van der Waals surface area contributed by atoms with Gasteiger partial charge in [0.2, 0.25) is 11.8 Å². The highest BCUT2D eigenvalue weighted by Gasteiger charge is 2.58.